The third kappa shape index (κ3) is 4.34. The van der Waals surface area contributed by atoms with Crippen LogP contribution >= 0.6 is 23.1 Å². The SMILES string of the molecule is CC(CCCCl)Nc1nc(C(C)C)ns1. The summed E-state index contributed by atoms with van der Waals surface area (Å²) < 4.78 is 4.29. The first kappa shape index (κ1) is 12.7. The van der Waals surface area contributed by atoms with Crippen molar-refractivity contribution in [1.29, 1.82) is 0 Å². The zero-order valence-corrected chi connectivity index (χ0v) is 11.0. The van der Waals surface area contributed by atoms with E-state index in [0.717, 1.165) is 29.7 Å². The Hall–Kier alpha value is -0.350. The van der Waals surface area contributed by atoms with Crippen LogP contribution in [0.5, 0.6) is 0 Å². The summed E-state index contributed by atoms with van der Waals surface area (Å²) in [6.07, 6.45) is 2.10. The van der Waals surface area contributed by atoms with Crippen LogP contribution in [0.3, 0.4) is 0 Å². The van der Waals surface area contributed by atoms with Crippen molar-refractivity contribution >= 4 is 28.3 Å². The number of anilines is 1. The maximum absolute atomic E-state index is 5.64. The van der Waals surface area contributed by atoms with Gasteiger partial charge in [0.25, 0.3) is 0 Å². The van der Waals surface area contributed by atoms with Crippen LogP contribution in [0.4, 0.5) is 5.13 Å². The molecule has 15 heavy (non-hydrogen) atoms. The molecule has 1 heterocycles. The Morgan fingerprint density at radius 3 is 2.67 bits per heavy atom. The first-order valence-electron chi connectivity index (χ1n) is 5.29. The summed E-state index contributed by atoms with van der Waals surface area (Å²) >= 11 is 7.08. The number of nitrogens with one attached hydrogen (secondary N) is 1. The second-order valence-electron chi connectivity index (χ2n) is 3.99. The number of rotatable bonds is 6. The molecule has 0 saturated heterocycles. The highest BCUT2D eigenvalue weighted by atomic mass is 35.5. The summed E-state index contributed by atoms with van der Waals surface area (Å²) in [7, 11) is 0. The molecule has 0 amide bonds. The lowest BCUT2D eigenvalue weighted by atomic mass is 10.2. The molecule has 0 aliphatic rings. The third-order valence-electron chi connectivity index (χ3n) is 2.10. The molecule has 0 saturated carbocycles. The Bertz CT molecular complexity index is 288. The maximum Gasteiger partial charge on any atom is 0.202 e. The Morgan fingerprint density at radius 2 is 2.13 bits per heavy atom. The van der Waals surface area contributed by atoms with E-state index in [1.54, 1.807) is 0 Å². The standard InChI is InChI=1S/C10H18ClN3S/c1-7(2)9-13-10(15-14-9)12-8(3)5-4-6-11/h7-8H,4-6H2,1-3H3,(H,12,13,14). The van der Waals surface area contributed by atoms with Crippen molar-refractivity contribution in [1.82, 2.24) is 9.36 Å². The second kappa shape index (κ2) is 6.28. The van der Waals surface area contributed by atoms with Gasteiger partial charge in [0.15, 0.2) is 0 Å². The van der Waals surface area contributed by atoms with Gasteiger partial charge in [-0.15, -0.1) is 11.6 Å². The summed E-state index contributed by atoms with van der Waals surface area (Å²) in [4.78, 5) is 4.42. The van der Waals surface area contributed by atoms with Gasteiger partial charge >= 0.3 is 0 Å². The molecule has 3 nitrogen and oxygen atoms in total. The van der Waals surface area contributed by atoms with Crippen LogP contribution in [0.2, 0.25) is 0 Å². The predicted octanol–water partition coefficient (Wildman–Crippen LogP) is 3.48. The normalized spacial score (nSPS) is 13.1. The van der Waals surface area contributed by atoms with Gasteiger partial charge in [-0.05, 0) is 19.8 Å². The first-order chi connectivity index (χ1) is 7.13. The number of alkyl halides is 1. The molecule has 1 aromatic rings. The van der Waals surface area contributed by atoms with Crippen LogP contribution in [0, 0.1) is 0 Å². The smallest absolute Gasteiger partial charge is 0.202 e. The minimum Gasteiger partial charge on any atom is -0.358 e. The van der Waals surface area contributed by atoms with Gasteiger partial charge in [0, 0.05) is 29.4 Å². The largest absolute Gasteiger partial charge is 0.358 e. The molecule has 1 rings (SSSR count). The Balaban J connectivity index is 2.42. The average molecular weight is 248 g/mol. The molecule has 0 radical (unpaired) electrons. The van der Waals surface area contributed by atoms with Gasteiger partial charge in [0.05, 0.1) is 0 Å². The molecule has 5 heteroatoms. The fourth-order valence-electron chi connectivity index (χ4n) is 1.19. The van der Waals surface area contributed by atoms with E-state index in [0.29, 0.717) is 12.0 Å². The summed E-state index contributed by atoms with van der Waals surface area (Å²) in [5.41, 5.74) is 0. The van der Waals surface area contributed by atoms with Crippen LogP contribution < -0.4 is 5.32 Å². The second-order valence-corrected chi connectivity index (χ2v) is 5.12. The summed E-state index contributed by atoms with van der Waals surface area (Å²) in [6, 6.07) is 0.414. The fraction of sp³-hybridized carbons (Fsp3) is 0.800. The van der Waals surface area contributed by atoms with Gasteiger partial charge in [-0.3, -0.25) is 0 Å². The van der Waals surface area contributed by atoms with E-state index in [-0.39, 0.29) is 0 Å². The maximum atomic E-state index is 5.64. The number of hydrogen-bond donors (Lipinski definition) is 1. The lowest BCUT2D eigenvalue weighted by molar-refractivity contribution is 0.691. The van der Waals surface area contributed by atoms with E-state index in [1.807, 2.05) is 0 Å². The van der Waals surface area contributed by atoms with Crippen LogP contribution in [0.15, 0.2) is 0 Å². The van der Waals surface area contributed by atoms with Crippen molar-refractivity contribution in [3.05, 3.63) is 5.82 Å². The van der Waals surface area contributed by atoms with Gasteiger partial charge in [-0.1, -0.05) is 13.8 Å². The monoisotopic (exact) mass is 247 g/mol. The van der Waals surface area contributed by atoms with Crippen molar-refractivity contribution < 1.29 is 0 Å². The highest BCUT2D eigenvalue weighted by molar-refractivity contribution is 7.09. The molecule has 0 aliphatic carbocycles. The number of halogens is 1. The number of hydrogen-bond acceptors (Lipinski definition) is 4. The van der Waals surface area contributed by atoms with Crippen molar-refractivity contribution in [3.63, 3.8) is 0 Å². The van der Waals surface area contributed by atoms with E-state index in [9.17, 15) is 0 Å². The minimum absolute atomic E-state index is 0.398. The highest BCUT2D eigenvalue weighted by Gasteiger charge is 2.09. The lowest BCUT2D eigenvalue weighted by Gasteiger charge is -2.10. The van der Waals surface area contributed by atoms with Crippen LogP contribution in [0.25, 0.3) is 0 Å². The predicted molar refractivity (Wildman–Crippen MR) is 67.0 cm³/mol. The Labute approximate surface area is 100 Å². The highest BCUT2D eigenvalue weighted by Crippen LogP contribution is 2.18. The van der Waals surface area contributed by atoms with Crippen molar-refractivity contribution in [2.75, 3.05) is 11.2 Å². The van der Waals surface area contributed by atoms with Gasteiger partial charge in [0.1, 0.15) is 5.82 Å². The third-order valence-corrected chi connectivity index (χ3v) is 3.03. The molecule has 86 valence electrons. The number of nitrogens with zero attached hydrogens (tertiary/aromatic N) is 2. The molecule has 1 aromatic heterocycles. The fourth-order valence-corrected chi connectivity index (χ4v) is 2.17. The number of aromatic nitrogens is 2. The quantitative estimate of drug-likeness (QED) is 0.782. The van der Waals surface area contributed by atoms with Crippen LogP contribution in [-0.4, -0.2) is 21.3 Å². The molecular weight excluding hydrogens is 230 g/mol. The van der Waals surface area contributed by atoms with Crippen molar-refractivity contribution in [3.8, 4) is 0 Å². The zero-order chi connectivity index (χ0) is 11.3. The molecule has 1 unspecified atom stereocenters. The van der Waals surface area contributed by atoms with Crippen molar-refractivity contribution in [2.24, 2.45) is 0 Å². The molecule has 0 bridgehead atoms. The van der Waals surface area contributed by atoms with Gasteiger partial charge < -0.3 is 5.32 Å². The minimum atomic E-state index is 0.398. The molecule has 0 fully saturated rings. The lowest BCUT2D eigenvalue weighted by Crippen LogP contribution is -2.14. The summed E-state index contributed by atoms with van der Waals surface area (Å²) in [5, 5.41) is 4.26. The molecule has 1 N–H and O–H groups in total. The summed E-state index contributed by atoms with van der Waals surface area (Å²) in [6.45, 7) is 6.34. The Morgan fingerprint density at radius 1 is 1.40 bits per heavy atom. The molecule has 0 spiro atoms. The van der Waals surface area contributed by atoms with E-state index in [4.69, 9.17) is 11.6 Å². The summed E-state index contributed by atoms with van der Waals surface area (Å²) in [5.74, 6) is 2.04. The van der Waals surface area contributed by atoms with E-state index in [1.165, 1.54) is 11.5 Å². The zero-order valence-electron chi connectivity index (χ0n) is 9.46. The van der Waals surface area contributed by atoms with Gasteiger partial charge in [0.2, 0.25) is 5.13 Å². The average Bonchev–Trinajstić information content (AvgIpc) is 2.63. The molecular formula is C10H18ClN3S. The molecule has 0 aliphatic heterocycles. The molecule has 1 atom stereocenters. The van der Waals surface area contributed by atoms with Crippen LogP contribution in [0.1, 0.15) is 45.4 Å². The van der Waals surface area contributed by atoms with Gasteiger partial charge in [-0.25, -0.2) is 4.98 Å². The van der Waals surface area contributed by atoms with E-state index >= 15 is 0 Å². The first-order valence-corrected chi connectivity index (χ1v) is 6.60. The van der Waals surface area contributed by atoms with E-state index in [2.05, 4.69) is 35.4 Å². The topological polar surface area (TPSA) is 37.8 Å². The van der Waals surface area contributed by atoms with E-state index < -0.39 is 0 Å². The van der Waals surface area contributed by atoms with Crippen molar-refractivity contribution in [2.45, 2.75) is 45.6 Å². The Kier molecular flexibility index (Phi) is 5.32. The van der Waals surface area contributed by atoms with Crippen LogP contribution in [-0.2, 0) is 0 Å². The molecule has 0 aromatic carbocycles. The van der Waals surface area contributed by atoms with Gasteiger partial charge in [-0.2, -0.15) is 4.37 Å².